The molecule has 388 valence electrons. The maximum atomic E-state index is 13.8. The lowest BCUT2D eigenvalue weighted by Gasteiger charge is -2.26. The third-order valence-corrected chi connectivity index (χ3v) is 13.5. The summed E-state index contributed by atoms with van der Waals surface area (Å²) in [6, 6.07) is 36.5. The lowest BCUT2D eigenvalue weighted by Crippen LogP contribution is -2.49. The van der Waals surface area contributed by atoms with Gasteiger partial charge in [0.05, 0.1) is 33.0 Å². The second-order valence-corrected chi connectivity index (χ2v) is 18.8. The molecule has 6 heterocycles. The first-order chi connectivity index (χ1) is 36.9. The number of rotatable bonds is 14. The van der Waals surface area contributed by atoms with Gasteiger partial charge in [-0.3, -0.25) is 24.0 Å². The monoisotopic (exact) mass is 1020 g/mol. The molecule has 3 fully saturated rings. The van der Waals surface area contributed by atoms with Crippen LogP contribution in [-0.4, -0.2) is 142 Å². The summed E-state index contributed by atoms with van der Waals surface area (Å²) in [6.07, 6.45) is 2.30. The minimum atomic E-state index is -0.334. The lowest BCUT2D eigenvalue weighted by molar-refractivity contribution is -0.123. The van der Waals surface area contributed by atoms with Crippen molar-refractivity contribution in [3.63, 3.8) is 0 Å². The largest absolute Gasteiger partial charge is 0.378 e. The molecule has 19 nitrogen and oxygen atoms in total. The molecule has 4 N–H and O–H groups in total. The third-order valence-electron chi connectivity index (χ3n) is 13.5. The molecule has 3 aliphatic heterocycles. The van der Waals surface area contributed by atoms with E-state index >= 15 is 0 Å². The number of benzene rings is 4. The number of piperazine rings is 1. The summed E-state index contributed by atoms with van der Waals surface area (Å²) in [4.78, 5) is 80.1. The molecule has 1 unspecified atom stereocenters. The summed E-state index contributed by atoms with van der Waals surface area (Å²) in [5.41, 5.74) is 8.77. The molecule has 1 atom stereocenters. The fraction of sp³-hybridized carbons (Fsp3) is 0.263. The van der Waals surface area contributed by atoms with E-state index in [1.165, 1.54) is 4.90 Å². The highest BCUT2D eigenvalue weighted by molar-refractivity contribution is 5.98. The molecule has 0 aliphatic carbocycles. The second-order valence-electron chi connectivity index (χ2n) is 18.8. The van der Waals surface area contributed by atoms with E-state index in [9.17, 15) is 24.0 Å². The summed E-state index contributed by atoms with van der Waals surface area (Å²) < 4.78 is 14.5. The van der Waals surface area contributed by atoms with Gasteiger partial charge in [-0.25, -0.2) is 9.51 Å². The molecule has 4 aromatic carbocycles. The van der Waals surface area contributed by atoms with E-state index in [0.29, 0.717) is 123 Å². The molecular weight excluding hydrogens is 965 g/mol. The quantitative estimate of drug-likeness (QED) is 0.107. The molecule has 0 bridgehead atoms. The molecule has 5 amide bonds. The van der Waals surface area contributed by atoms with Gasteiger partial charge in [0, 0.05) is 115 Å². The summed E-state index contributed by atoms with van der Waals surface area (Å²) in [5, 5.41) is 17.4. The van der Waals surface area contributed by atoms with Crippen LogP contribution >= 0.6 is 0 Å². The normalized spacial score (nSPS) is 15.5. The van der Waals surface area contributed by atoms with Crippen LogP contribution in [0.4, 0.5) is 17.3 Å². The van der Waals surface area contributed by atoms with Gasteiger partial charge >= 0.3 is 0 Å². The van der Waals surface area contributed by atoms with Crippen LogP contribution in [-0.2, 0) is 27.7 Å². The van der Waals surface area contributed by atoms with E-state index < -0.39 is 0 Å². The Morgan fingerprint density at radius 3 is 1.84 bits per heavy atom. The summed E-state index contributed by atoms with van der Waals surface area (Å²) in [6.45, 7) is 11.3. The molecule has 3 aliphatic rings. The Morgan fingerprint density at radius 1 is 0.684 bits per heavy atom. The first-order valence-corrected chi connectivity index (χ1v) is 25.3. The molecule has 0 radical (unpaired) electrons. The van der Waals surface area contributed by atoms with Gasteiger partial charge < -0.3 is 50.0 Å². The molecule has 3 saturated heterocycles. The molecular formula is C57H58N12O7. The molecule has 7 aromatic rings. The lowest BCUT2D eigenvalue weighted by atomic mass is 10.0. The maximum Gasteiger partial charge on any atom is 0.254 e. The number of pyridine rings is 2. The standard InChI is InChI=1S/C57H58N12O7/c1-37(59-53(71)41-10-6-39(7-11-41)48-5-4-25-65(3)51(48)61-38(2)60-45-18-14-43(15-19-45)54(72)66-27-31-75-32-28-66)35-47-22-23-49(40-8-12-42(13-9-40)56(74)68-26-24-58-50(70)36-68)52-63-57(64-69(47)52)62-46-20-16-44(17-21-46)55(73)67-29-33-76-34-30-67/h4-23,25,37,60H,2,24,26-36H2,1,3H3,(H,58,70)(H,59,71)(H,62,64). The van der Waals surface area contributed by atoms with Gasteiger partial charge in [-0.2, -0.15) is 4.98 Å². The van der Waals surface area contributed by atoms with Crippen LogP contribution in [0.15, 0.2) is 145 Å². The zero-order valence-corrected chi connectivity index (χ0v) is 42.3. The van der Waals surface area contributed by atoms with Crippen molar-refractivity contribution < 1.29 is 33.4 Å². The van der Waals surface area contributed by atoms with Crippen LogP contribution in [0.3, 0.4) is 0 Å². The predicted octanol–water partition coefficient (Wildman–Crippen LogP) is 5.51. The van der Waals surface area contributed by atoms with E-state index in [1.807, 2.05) is 97.5 Å². The first kappa shape index (κ1) is 50.6. The zero-order chi connectivity index (χ0) is 52.7. The van der Waals surface area contributed by atoms with Crippen molar-refractivity contribution >= 4 is 52.5 Å². The number of amides is 5. The minimum Gasteiger partial charge on any atom is -0.378 e. The maximum absolute atomic E-state index is 13.8. The first-order valence-electron chi connectivity index (χ1n) is 25.3. The number of fused-ring (bicyclic) bond motifs is 1. The predicted molar refractivity (Wildman–Crippen MR) is 287 cm³/mol. The van der Waals surface area contributed by atoms with Crippen molar-refractivity contribution in [2.45, 2.75) is 19.4 Å². The van der Waals surface area contributed by atoms with Crippen molar-refractivity contribution in [1.82, 2.24) is 44.5 Å². The highest BCUT2D eigenvalue weighted by Crippen LogP contribution is 2.28. The Morgan fingerprint density at radius 2 is 1.24 bits per heavy atom. The highest BCUT2D eigenvalue weighted by Gasteiger charge is 2.24. The van der Waals surface area contributed by atoms with Crippen molar-refractivity contribution in [2.24, 2.45) is 12.0 Å². The van der Waals surface area contributed by atoms with Gasteiger partial charge in [0.1, 0.15) is 11.3 Å². The minimum absolute atomic E-state index is 0.0123. The smallest absolute Gasteiger partial charge is 0.254 e. The molecule has 10 rings (SSSR count). The fourth-order valence-corrected chi connectivity index (χ4v) is 9.41. The summed E-state index contributed by atoms with van der Waals surface area (Å²) in [5.74, 6) is -0.0116. The topological polar surface area (TPSA) is 209 Å². The molecule has 19 heteroatoms. The average Bonchev–Trinajstić information content (AvgIpc) is 3.90. The van der Waals surface area contributed by atoms with Crippen LogP contribution in [0.2, 0.25) is 0 Å². The van der Waals surface area contributed by atoms with E-state index in [0.717, 1.165) is 33.6 Å². The van der Waals surface area contributed by atoms with Gasteiger partial charge in [-0.15, -0.1) is 5.10 Å². The Balaban J connectivity index is 0.839. The van der Waals surface area contributed by atoms with Crippen molar-refractivity contribution in [1.29, 1.82) is 0 Å². The van der Waals surface area contributed by atoms with Gasteiger partial charge in [-0.05, 0) is 115 Å². The van der Waals surface area contributed by atoms with Gasteiger partial charge in [0.15, 0.2) is 5.65 Å². The number of hydrogen-bond donors (Lipinski definition) is 4. The zero-order valence-electron chi connectivity index (χ0n) is 42.3. The Kier molecular flexibility index (Phi) is 15.1. The Labute approximate surface area is 438 Å². The average molecular weight is 1020 g/mol. The number of anilines is 3. The number of nitrogens with one attached hydrogen (secondary N) is 4. The molecule has 0 saturated carbocycles. The van der Waals surface area contributed by atoms with E-state index in [4.69, 9.17) is 24.5 Å². The highest BCUT2D eigenvalue weighted by atomic mass is 16.5. The van der Waals surface area contributed by atoms with E-state index in [2.05, 4.69) is 27.8 Å². The van der Waals surface area contributed by atoms with Crippen LogP contribution in [0.1, 0.15) is 54.0 Å². The summed E-state index contributed by atoms with van der Waals surface area (Å²) >= 11 is 0. The van der Waals surface area contributed by atoms with Crippen LogP contribution in [0.5, 0.6) is 0 Å². The van der Waals surface area contributed by atoms with Crippen LogP contribution in [0, 0.1) is 0 Å². The number of carbonyl (C=O) groups excluding carboxylic acids is 5. The number of morpholine rings is 2. The fourth-order valence-electron chi connectivity index (χ4n) is 9.41. The number of aromatic nitrogens is 4. The Hall–Kier alpha value is -8.94. The number of hydrogen-bond acceptors (Lipinski definition) is 12. The van der Waals surface area contributed by atoms with Crippen molar-refractivity contribution in [2.75, 3.05) is 82.9 Å². The molecule has 0 spiro atoms. The van der Waals surface area contributed by atoms with Gasteiger partial charge in [0.2, 0.25) is 11.9 Å². The van der Waals surface area contributed by atoms with Crippen LogP contribution < -0.4 is 26.8 Å². The van der Waals surface area contributed by atoms with Crippen molar-refractivity contribution in [3.05, 3.63) is 173 Å². The SMILES string of the molecule is C=C(N=c1c(-c2ccc(C(=O)NC(C)Cc3ccc(-c4ccc(C(=O)N5CCNC(=O)C5)cc4)c4nc(Nc5ccc(C(=O)N6CCOCC6)cc5)nn34)cc2)cccn1C)Nc1ccc(C(=O)N2CCOCC2)cc1. The van der Waals surface area contributed by atoms with Crippen molar-refractivity contribution in [3.8, 4) is 22.3 Å². The Bertz CT molecular complexity index is 3380. The number of carbonyl (C=O) groups is 5. The van der Waals surface area contributed by atoms with Crippen LogP contribution in [0.25, 0.3) is 27.9 Å². The van der Waals surface area contributed by atoms with E-state index in [1.54, 1.807) is 62.8 Å². The second kappa shape index (κ2) is 22.7. The van der Waals surface area contributed by atoms with Gasteiger partial charge in [-0.1, -0.05) is 30.8 Å². The van der Waals surface area contributed by atoms with E-state index in [-0.39, 0.29) is 42.1 Å². The third kappa shape index (κ3) is 11.5. The molecule has 76 heavy (non-hydrogen) atoms. The number of nitrogens with zero attached hydrogens (tertiary/aromatic N) is 8. The molecule has 3 aromatic heterocycles. The number of ether oxygens (including phenoxy) is 2. The van der Waals surface area contributed by atoms with Gasteiger partial charge in [0.25, 0.3) is 23.6 Å². The number of aryl methyl sites for hydroxylation is 1. The summed E-state index contributed by atoms with van der Waals surface area (Å²) in [7, 11) is 1.90.